The summed E-state index contributed by atoms with van der Waals surface area (Å²) >= 11 is 0. The lowest BCUT2D eigenvalue weighted by molar-refractivity contribution is -0.113. The maximum Gasteiger partial charge on any atom is 0.339 e. The van der Waals surface area contributed by atoms with Crippen LogP contribution in [0.4, 0.5) is 5.69 Å². The zero-order chi connectivity index (χ0) is 12.1. The van der Waals surface area contributed by atoms with Crippen molar-refractivity contribution in [1.82, 2.24) is 0 Å². The minimum atomic E-state index is -1.28. The highest BCUT2D eigenvalue weighted by Crippen LogP contribution is 2.23. The third-order valence-corrected chi connectivity index (χ3v) is 1.83. The quantitative estimate of drug-likeness (QED) is 0.576. The van der Waals surface area contributed by atoms with Gasteiger partial charge in [-0.2, -0.15) is 5.06 Å². The van der Waals surface area contributed by atoms with Crippen molar-refractivity contribution < 1.29 is 24.6 Å². The molecule has 0 aliphatic rings. The van der Waals surface area contributed by atoms with E-state index in [0.717, 1.165) is 11.1 Å². The highest BCUT2D eigenvalue weighted by molar-refractivity contribution is 5.92. The van der Waals surface area contributed by atoms with Crippen LogP contribution in [0.2, 0.25) is 0 Å². The summed E-state index contributed by atoms with van der Waals surface area (Å²) in [4.78, 5) is 26.3. The molecule has 6 heteroatoms. The normalized spacial score (nSPS) is 9.81. The summed E-state index contributed by atoms with van der Waals surface area (Å²) in [7, 11) is 0. The van der Waals surface area contributed by atoms with Crippen molar-refractivity contribution in [3.05, 3.63) is 23.8 Å². The molecule has 1 rings (SSSR count). The van der Waals surface area contributed by atoms with Crippen LogP contribution in [0.5, 0.6) is 5.75 Å². The molecule has 1 amide bonds. The lowest BCUT2D eigenvalue weighted by Crippen LogP contribution is -2.21. The second-order valence-electron chi connectivity index (χ2n) is 2.86. The summed E-state index contributed by atoms with van der Waals surface area (Å²) in [5.41, 5.74) is -0.0453. The van der Waals surface area contributed by atoms with Crippen molar-refractivity contribution in [3.8, 4) is 5.75 Å². The average Bonchev–Trinajstić information content (AvgIpc) is 2.26. The van der Waals surface area contributed by atoms with Gasteiger partial charge in [0.05, 0.1) is 12.3 Å². The van der Waals surface area contributed by atoms with Crippen molar-refractivity contribution in [3.63, 3.8) is 0 Å². The third kappa shape index (κ3) is 2.48. The predicted molar refractivity (Wildman–Crippen MR) is 55.2 cm³/mol. The fourth-order valence-corrected chi connectivity index (χ4v) is 1.14. The minimum absolute atomic E-state index is 0.243. The molecule has 0 atom stereocenters. The van der Waals surface area contributed by atoms with E-state index in [4.69, 9.17) is 9.94 Å². The second kappa shape index (κ2) is 5.13. The first-order chi connectivity index (χ1) is 7.60. The Morgan fingerprint density at radius 1 is 1.56 bits per heavy atom. The Hall–Kier alpha value is -2.08. The summed E-state index contributed by atoms with van der Waals surface area (Å²) < 4.78 is 0. The fourth-order valence-electron chi connectivity index (χ4n) is 1.14. The van der Waals surface area contributed by atoms with Crippen molar-refractivity contribution in [2.75, 3.05) is 11.7 Å². The van der Waals surface area contributed by atoms with Crippen molar-refractivity contribution in [2.45, 2.75) is 6.92 Å². The molecule has 0 aromatic heterocycles. The van der Waals surface area contributed by atoms with Gasteiger partial charge in [-0.1, -0.05) is 0 Å². The van der Waals surface area contributed by atoms with Gasteiger partial charge in [0, 0.05) is 0 Å². The summed E-state index contributed by atoms with van der Waals surface area (Å²) in [5.74, 6) is -1.64. The van der Waals surface area contributed by atoms with E-state index < -0.39 is 5.97 Å². The van der Waals surface area contributed by atoms with Crippen molar-refractivity contribution in [2.24, 2.45) is 0 Å². The van der Waals surface area contributed by atoms with Crippen LogP contribution < -0.4 is 5.06 Å². The van der Waals surface area contributed by atoms with E-state index in [1.165, 1.54) is 12.1 Å². The lowest BCUT2D eigenvalue weighted by atomic mass is 10.2. The lowest BCUT2D eigenvalue weighted by Gasteiger charge is -2.16. The molecule has 0 fully saturated rings. The van der Waals surface area contributed by atoms with Gasteiger partial charge in [-0.15, -0.1) is 0 Å². The summed E-state index contributed by atoms with van der Waals surface area (Å²) in [5, 5.41) is 18.9. The number of hydrogen-bond acceptors (Lipinski definition) is 4. The number of hydroxylamine groups is 1. The SMILES string of the molecule is CCON(C=O)c1ccc(O)c(C(=O)O)c1. The molecule has 0 bridgehead atoms. The average molecular weight is 225 g/mol. The molecule has 0 saturated carbocycles. The monoisotopic (exact) mass is 225 g/mol. The Kier molecular flexibility index (Phi) is 3.84. The predicted octanol–water partition coefficient (Wildman–Crippen LogP) is 1.00. The molecule has 0 aliphatic carbocycles. The molecule has 16 heavy (non-hydrogen) atoms. The maximum absolute atomic E-state index is 10.7. The number of benzene rings is 1. The first-order valence-electron chi connectivity index (χ1n) is 4.54. The van der Waals surface area contributed by atoms with Crippen LogP contribution in [-0.2, 0) is 9.63 Å². The molecule has 0 saturated heterocycles. The molecule has 1 aromatic carbocycles. The number of carbonyl (C=O) groups excluding carboxylic acids is 1. The molecule has 0 spiro atoms. The number of phenols is 1. The standard InChI is InChI=1S/C10H11NO5/c1-2-16-11(6-12)7-3-4-9(13)8(5-7)10(14)15/h3-6,13H,2H2,1H3,(H,14,15). The molecule has 86 valence electrons. The zero-order valence-electron chi connectivity index (χ0n) is 8.58. The van der Waals surface area contributed by atoms with E-state index in [2.05, 4.69) is 0 Å². The molecule has 0 unspecified atom stereocenters. The smallest absolute Gasteiger partial charge is 0.339 e. The van der Waals surface area contributed by atoms with Gasteiger partial charge < -0.3 is 10.2 Å². The van der Waals surface area contributed by atoms with E-state index in [1.54, 1.807) is 6.92 Å². The van der Waals surface area contributed by atoms with Gasteiger partial charge in [0.2, 0.25) is 6.41 Å². The molecule has 0 aliphatic heterocycles. The Morgan fingerprint density at radius 2 is 2.25 bits per heavy atom. The van der Waals surface area contributed by atoms with E-state index in [-0.39, 0.29) is 23.6 Å². The number of aromatic carboxylic acids is 1. The van der Waals surface area contributed by atoms with Gasteiger partial charge >= 0.3 is 5.97 Å². The molecule has 6 nitrogen and oxygen atoms in total. The minimum Gasteiger partial charge on any atom is -0.507 e. The van der Waals surface area contributed by atoms with Crippen LogP contribution >= 0.6 is 0 Å². The van der Waals surface area contributed by atoms with Gasteiger partial charge in [0.15, 0.2) is 0 Å². The Morgan fingerprint density at radius 3 is 2.75 bits per heavy atom. The van der Waals surface area contributed by atoms with Crippen molar-refractivity contribution >= 4 is 18.1 Å². The van der Waals surface area contributed by atoms with E-state index in [0.29, 0.717) is 6.41 Å². The van der Waals surface area contributed by atoms with Gasteiger partial charge in [-0.3, -0.25) is 9.63 Å². The number of carboxylic acids is 1. The summed E-state index contributed by atoms with van der Waals surface area (Å²) in [6.45, 7) is 1.96. The Bertz CT molecular complexity index is 404. The van der Waals surface area contributed by atoms with Crippen LogP contribution in [0, 0.1) is 0 Å². The number of hydrogen-bond donors (Lipinski definition) is 2. The fraction of sp³-hybridized carbons (Fsp3) is 0.200. The summed E-state index contributed by atoms with van der Waals surface area (Å²) in [6.07, 6.45) is 0.418. The largest absolute Gasteiger partial charge is 0.507 e. The van der Waals surface area contributed by atoms with Gasteiger partial charge in [0.25, 0.3) is 0 Å². The van der Waals surface area contributed by atoms with Crippen LogP contribution in [0.15, 0.2) is 18.2 Å². The number of carbonyl (C=O) groups is 2. The van der Waals surface area contributed by atoms with Crippen LogP contribution in [0.25, 0.3) is 0 Å². The first kappa shape index (κ1) is 12.0. The molecule has 1 aromatic rings. The molecular formula is C10H11NO5. The van der Waals surface area contributed by atoms with Gasteiger partial charge in [-0.05, 0) is 25.1 Å². The zero-order valence-corrected chi connectivity index (χ0v) is 8.58. The Labute approximate surface area is 91.6 Å². The van der Waals surface area contributed by atoms with E-state index in [1.807, 2.05) is 0 Å². The number of amides is 1. The number of anilines is 1. The third-order valence-electron chi connectivity index (χ3n) is 1.83. The van der Waals surface area contributed by atoms with E-state index in [9.17, 15) is 14.7 Å². The maximum atomic E-state index is 10.7. The van der Waals surface area contributed by atoms with Crippen LogP contribution in [0.1, 0.15) is 17.3 Å². The number of aromatic hydroxyl groups is 1. The van der Waals surface area contributed by atoms with E-state index >= 15 is 0 Å². The van der Waals surface area contributed by atoms with Gasteiger partial charge in [-0.25, -0.2) is 4.79 Å². The van der Waals surface area contributed by atoms with Crippen LogP contribution in [-0.4, -0.2) is 29.2 Å². The number of rotatable bonds is 5. The highest BCUT2D eigenvalue weighted by atomic mass is 16.7. The summed E-state index contributed by atoms with van der Waals surface area (Å²) in [6, 6.07) is 3.72. The first-order valence-corrected chi connectivity index (χ1v) is 4.54. The number of nitrogens with zero attached hydrogens (tertiary/aromatic N) is 1. The molecule has 0 heterocycles. The highest BCUT2D eigenvalue weighted by Gasteiger charge is 2.13. The molecular weight excluding hydrogens is 214 g/mol. The van der Waals surface area contributed by atoms with Gasteiger partial charge in [0.1, 0.15) is 11.3 Å². The second-order valence-corrected chi connectivity index (χ2v) is 2.86. The number of carboxylic acid groups (broad SMARTS) is 1. The topological polar surface area (TPSA) is 87.1 Å². The van der Waals surface area contributed by atoms with Crippen molar-refractivity contribution in [1.29, 1.82) is 0 Å². The molecule has 0 radical (unpaired) electrons. The Balaban J connectivity index is 3.10. The van der Waals surface area contributed by atoms with Crippen LogP contribution in [0.3, 0.4) is 0 Å². The molecule has 2 N–H and O–H groups in total.